The highest BCUT2D eigenvalue weighted by molar-refractivity contribution is 5.44. The molecule has 3 unspecified atom stereocenters. The van der Waals surface area contributed by atoms with Crippen LogP contribution in [0.25, 0.3) is 0 Å². The highest BCUT2D eigenvalue weighted by Gasteiger charge is 2.26. The Labute approximate surface area is 135 Å². The van der Waals surface area contributed by atoms with Crippen LogP contribution < -0.4 is 5.73 Å². The van der Waals surface area contributed by atoms with Crippen LogP contribution in [0.5, 0.6) is 0 Å². The summed E-state index contributed by atoms with van der Waals surface area (Å²) in [6.07, 6.45) is 16.0. The van der Waals surface area contributed by atoms with Crippen molar-refractivity contribution in [2.45, 2.75) is 45.3 Å². The standard InChI is InChI=1S/C20H29NO/c1-5-9-15(4)18(10-6-2)20-16(11-8-12-19(20)21)13-14-17(22)7-3/h5-6,8-12,17,19-20,22H,1-2,7,13-14,21H2,3-4H3/b15-9-,18-10+. The first-order valence-corrected chi connectivity index (χ1v) is 7.98. The normalized spacial score (nSPS) is 23.9. The van der Waals surface area contributed by atoms with Crippen molar-refractivity contribution in [3.8, 4) is 0 Å². The molecule has 1 aliphatic carbocycles. The molecule has 0 bridgehead atoms. The molecule has 0 saturated heterocycles. The van der Waals surface area contributed by atoms with Crippen molar-refractivity contribution < 1.29 is 5.11 Å². The summed E-state index contributed by atoms with van der Waals surface area (Å²) in [6.45, 7) is 11.7. The molecule has 2 nitrogen and oxygen atoms in total. The number of rotatable bonds is 8. The molecule has 3 atom stereocenters. The summed E-state index contributed by atoms with van der Waals surface area (Å²) in [5.74, 6) is 0.128. The van der Waals surface area contributed by atoms with Gasteiger partial charge in [0.2, 0.25) is 0 Å². The molecule has 0 spiro atoms. The second kappa shape index (κ2) is 9.39. The van der Waals surface area contributed by atoms with Crippen LogP contribution >= 0.6 is 0 Å². The second-order valence-corrected chi connectivity index (χ2v) is 5.73. The molecule has 120 valence electrons. The van der Waals surface area contributed by atoms with E-state index in [4.69, 9.17) is 5.73 Å². The Hall–Kier alpha value is -1.64. The van der Waals surface area contributed by atoms with Crippen molar-refractivity contribution in [2.75, 3.05) is 0 Å². The van der Waals surface area contributed by atoms with Crippen molar-refractivity contribution in [3.63, 3.8) is 0 Å². The first-order valence-electron chi connectivity index (χ1n) is 7.98. The van der Waals surface area contributed by atoms with Crippen LogP contribution in [-0.2, 0) is 0 Å². The topological polar surface area (TPSA) is 46.2 Å². The number of allylic oxidation sites excluding steroid dienone is 7. The fraction of sp³-hybridized carbons (Fsp3) is 0.400. The third kappa shape index (κ3) is 4.97. The summed E-state index contributed by atoms with van der Waals surface area (Å²) in [5.41, 5.74) is 9.94. The minimum atomic E-state index is -0.250. The zero-order chi connectivity index (χ0) is 16.5. The van der Waals surface area contributed by atoms with Crippen molar-refractivity contribution in [1.29, 1.82) is 0 Å². The van der Waals surface area contributed by atoms with Gasteiger partial charge in [0.1, 0.15) is 0 Å². The quantitative estimate of drug-likeness (QED) is 0.659. The van der Waals surface area contributed by atoms with E-state index in [-0.39, 0.29) is 18.1 Å². The van der Waals surface area contributed by atoms with E-state index in [9.17, 15) is 5.11 Å². The van der Waals surface area contributed by atoms with Crippen molar-refractivity contribution in [3.05, 3.63) is 72.4 Å². The van der Waals surface area contributed by atoms with Gasteiger partial charge in [0, 0.05) is 12.0 Å². The van der Waals surface area contributed by atoms with Crippen LogP contribution in [0.3, 0.4) is 0 Å². The summed E-state index contributed by atoms with van der Waals surface area (Å²) in [7, 11) is 0. The third-order valence-corrected chi connectivity index (χ3v) is 4.12. The Bertz CT molecular complexity index is 508. The summed E-state index contributed by atoms with van der Waals surface area (Å²) in [4.78, 5) is 0. The first kappa shape index (κ1) is 18.4. The predicted molar refractivity (Wildman–Crippen MR) is 96.5 cm³/mol. The molecule has 0 heterocycles. The van der Waals surface area contributed by atoms with Crippen LogP contribution in [0.15, 0.2) is 72.4 Å². The highest BCUT2D eigenvalue weighted by Crippen LogP contribution is 2.34. The Balaban J connectivity index is 3.08. The van der Waals surface area contributed by atoms with Crippen molar-refractivity contribution in [2.24, 2.45) is 11.7 Å². The van der Waals surface area contributed by atoms with Gasteiger partial charge in [-0.3, -0.25) is 0 Å². The summed E-state index contributed by atoms with van der Waals surface area (Å²) >= 11 is 0. The zero-order valence-corrected chi connectivity index (χ0v) is 13.8. The van der Waals surface area contributed by atoms with Crippen molar-refractivity contribution in [1.82, 2.24) is 0 Å². The number of hydrogen-bond donors (Lipinski definition) is 2. The molecule has 1 aliphatic rings. The fourth-order valence-electron chi connectivity index (χ4n) is 2.83. The van der Waals surface area contributed by atoms with Gasteiger partial charge in [-0.1, -0.05) is 68.2 Å². The molecule has 3 N–H and O–H groups in total. The van der Waals surface area contributed by atoms with E-state index in [1.165, 1.54) is 11.1 Å². The maximum Gasteiger partial charge on any atom is 0.0540 e. The number of aliphatic hydroxyl groups is 1. The molecule has 1 rings (SSSR count). The number of aliphatic hydroxyl groups excluding tert-OH is 1. The second-order valence-electron chi connectivity index (χ2n) is 5.73. The average Bonchev–Trinajstić information content (AvgIpc) is 2.51. The van der Waals surface area contributed by atoms with E-state index in [0.717, 1.165) is 24.8 Å². The molecular formula is C20H29NO. The van der Waals surface area contributed by atoms with Gasteiger partial charge in [-0.25, -0.2) is 0 Å². The third-order valence-electron chi connectivity index (χ3n) is 4.12. The fourth-order valence-corrected chi connectivity index (χ4v) is 2.83. The van der Waals surface area contributed by atoms with Gasteiger partial charge in [-0.2, -0.15) is 0 Å². The van der Waals surface area contributed by atoms with Crippen LogP contribution in [0.4, 0.5) is 0 Å². The Kier molecular flexibility index (Phi) is 7.86. The van der Waals surface area contributed by atoms with Gasteiger partial charge >= 0.3 is 0 Å². The van der Waals surface area contributed by atoms with Gasteiger partial charge in [0.25, 0.3) is 0 Å². The Morgan fingerprint density at radius 1 is 1.36 bits per heavy atom. The summed E-state index contributed by atoms with van der Waals surface area (Å²) < 4.78 is 0. The molecular weight excluding hydrogens is 270 g/mol. The van der Waals surface area contributed by atoms with Crippen LogP contribution in [-0.4, -0.2) is 17.3 Å². The summed E-state index contributed by atoms with van der Waals surface area (Å²) in [6, 6.07) is -0.0573. The van der Waals surface area contributed by atoms with Crippen LogP contribution in [0, 0.1) is 5.92 Å². The maximum absolute atomic E-state index is 9.84. The lowest BCUT2D eigenvalue weighted by molar-refractivity contribution is 0.159. The summed E-state index contributed by atoms with van der Waals surface area (Å²) in [5, 5.41) is 9.84. The molecule has 0 aromatic heterocycles. The Morgan fingerprint density at radius 3 is 2.64 bits per heavy atom. The highest BCUT2D eigenvalue weighted by atomic mass is 16.3. The van der Waals surface area contributed by atoms with E-state index >= 15 is 0 Å². The van der Waals surface area contributed by atoms with Gasteiger partial charge in [-0.15, -0.1) is 0 Å². The minimum Gasteiger partial charge on any atom is -0.393 e. The van der Waals surface area contributed by atoms with E-state index in [1.807, 2.05) is 31.2 Å². The van der Waals surface area contributed by atoms with Gasteiger partial charge < -0.3 is 10.8 Å². The van der Waals surface area contributed by atoms with E-state index < -0.39 is 0 Å². The molecule has 0 aromatic carbocycles. The zero-order valence-electron chi connectivity index (χ0n) is 13.8. The lowest BCUT2D eigenvalue weighted by Crippen LogP contribution is -2.33. The first-order chi connectivity index (χ1) is 10.5. The van der Waals surface area contributed by atoms with Crippen LogP contribution in [0.2, 0.25) is 0 Å². The molecule has 0 amide bonds. The number of hydrogen-bond acceptors (Lipinski definition) is 2. The molecule has 0 aromatic rings. The Morgan fingerprint density at radius 2 is 2.05 bits per heavy atom. The SMILES string of the molecule is C=C/C=C(C)\C(=C/C=C)C1C(CCC(O)CC)=CC=CC1N. The smallest absolute Gasteiger partial charge is 0.0540 e. The van der Waals surface area contributed by atoms with Gasteiger partial charge in [0.05, 0.1) is 6.10 Å². The number of nitrogens with two attached hydrogens (primary N) is 1. The van der Waals surface area contributed by atoms with E-state index in [0.29, 0.717) is 0 Å². The van der Waals surface area contributed by atoms with Gasteiger partial charge in [-0.05, 0) is 37.3 Å². The molecule has 0 aliphatic heterocycles. The molecule has 0 fully saturated rings. The van der Waals surface area contributed by atoms with Crippen molar-refractivity contribution >= 4 is 0 Å². The monoisotopic (exact) mass is 299 g/mol. The lowest BCUT2D eigenvalue weighted by atomic mass is 9.77. The largest absolute Gasteiger partial charge is 0.393 e. The molecule has 2 heteroatoms. The van der Waals surface area contributed by atoms with E-state index in [1.54, 1.807) is 12.2 Å². The van der Waals surface area contributed by atoms with Gasteiger partial charge in [0.15, 0.2) is 0 Å². The van der Waals surface area contributed by atoms with E-state index in [2.05, 4.69) is 26.2 Å². The van der Waals surface area contributed by atoms with Crippen LogP contribution in [0.1, 0.15) is 33.1 Å². The molecule has 0 radical (unpaired) electrons. The predicted octanol–water partition coefficient (Wildman–Crippen LogP) is 4.22. The average molecular weight is 299 g/mol. The lowest BCUT2D eigenvalue weighted by Gasteiger charge is -2.30. The minimum absolute atomic E-state index is 0.0573. The molecule has 22 heavy (non-hydrogen) atoms. The molecule has 0 saturated carbocycles. The maximum atomic E-state index is 9.84.